The molecule has 0 atom stereocenters. The number of anilines is 2. The van der Waals surface area contributed by atoms with E-state index in [1.807, 2.05) is 31.3 Å². The Labute approximate surface area is 163 Å². The van der Waals surface area contributed by atoms with Crippen molar-refractivity contribution < 1.29 is 0 Å². The number of aromatic nitrogens is 1. The molecule has 0 unspecified atom stereocenters. The first-order valence-electron chi connectivity index (χ1n) is 9.50. The van der Waals surface area contributed by atoms with Crippen molar-refractivity contribution in [1.29, 1.82) is 0 Å². The summed E-state index contributed by atoms with van der Waals surface area (Å²) in [6, 6.07) is 14.7. The Morgan fingerprint density at radius 1 is 1.11 bits per heavy atom. The maximum absolute atomic E-state index is 4.34. The largest absolute Gasteiger partial charge is 0.372 e. The van der Waals surface area contributed by atoms with Gasteiger partial charge in [0.25, 0.3) is 0 Å². The second kappa shape index (κ2) is 11.1. The van der Waals surface area contributed by atoms with E-state index in [4.69, 9.17) is 0 Å². The number of guanidine groups is 1. The molecule has 0 aliphatic heterocycles. The predicted octanol–water partition coefficient (Wildman–Crippen LogP) is 2.73. The Bertz CT molecular complexity index is 699. The van der Waals surface area contributed by atoms with Gasteiger partial charge in [0.15, 0.2) is 5.96 Å². The van der Waals surface area contributed by atoms with E-state index in [9.17, 15) is 0 Å². The zero-order chi connectivity index (χ0) is 19.5. The quantitative estimate of drug-likeness (QED) is 0.405. The number of rotatable bonds is 9. The first-order chi connectivity index (χ1) is 13.1. The van der Waals surface area contributed by atoms with Gasteiger partial charge in [-0.3, -0.25) is 4.99 Å². The Morgan fingerprint density at radius 2 is 1.89 bits per heavy atom. The summed E-state index contributed by atoms with van der Waals surface area (Å²) in [5, 5.41) is 6.76. The molecular weight excluding hydrogens is 336 g/mol. The van der Waals surface area contributed by atoms with Gasteiger partial charge in [0, 0.05) is 59.2 Å². The molecule has 1 aromatic carbocycles. The van der Waals surface area contributed by atoms with Crippen LogP contribution in [-0.2, 0) is 6.54 Å². The number of hydrogen-bond acceptors (Lipinski definition) is 4. The van der Waals surface area contributed by atoms with Crippen molar-refractivity contribution in [2.75, 3.05) is 50.6 Å². The average molecular weight is 369 g/mol. The zero-order valence-corrected chi connectivity index (χ0v) is 16.9. The van der Waals surface area contributed by atoms with E-state index >= 15 is 0 Å². The van der Waals surface area contributed by atoms with Gasteiger partial charge in [-0.25, -0.2) is 4.98 Å². The van der Waals surface area contributed by atoms with E-state index in [1.165, 1.54) is 11.3 Å². The smallest absolute Gasteiger partial charge is 0.191 e. The first-order valence-corrected chi connectivity index (χ1v) is 9.50. The molecule has 0 saturated heterocycles. The normalized spacial score (nSPS) is 11.2. The van der Waals surface area contributed by atoms with Gasteiger partial charge < -0.3 is 20.4 Å². The second-order valence-corrected chi connectivity index (χ2v) is 6.54. The molecule has 146 valence electrons. The summed E-state index contributed by atoms with van der Waals surface area (Å²) in [5.74, 6) is 1.78. The fourth-order valence-corrected chi connectivity index (χ4v) is 2.81. The molecule has 1 aromatic heterocycles. The van der Waals surface area contributed by atoms with Gasteiger partial charge in [0.05, 0.1) is 0 Å². The van der Waals surface area contributed by atoms with Crippen LogP contribution in [0.2, 0.25) is 0 Å². The van der Waals surface area contributed by atoms with Crippen LogP contribution in [0.5, 0.6) is 0 Å². The van der Waals surface area contributed by atoms with Crippen molar-refractivity contribution in [2.24, 2.45) is 4.99 Å². The van der Waals surface area contributed by atoms with Gasteiger partial charge in [-0.1, -0.05) is 18.2 Å². The van der Waals surface area contributed by atoms with Crippen LogP contribution in [0.1, 0.15) is 18.9 Å². The van der Waals surface area contributed by atoms with E-state index in [2.05, 4.69) is 68.8 Å². The monoisotopic (exact) mass is 368 g/mol. The third kappa shape index (κ3) is 6.81. The maximum atomic E-state index is 4.34. The maximum Gasteiger partial charge on any atom is 0.191 e. The number of aliphatic imine (C=N–C) groups is 1. The van der Waals surface area contributed by atoms with Crippen LogP contribution < -0.4 is 20.4 Å². The Morgan fingerprint density at radius 3 is 2.56 bits per heavy atom. The van der Waals surface area contributed by atoms with Gasteiger partial charge in [0.1, 0.15) is 5.82 Å². The van der Waals surface area contributed by atoms with Gasteiger partial charge >= 0.3 is 0 Å². The van der Waals surface area contributed by atoms with E-state index in [1.54, 1.807) is 7.05 Å². The van der Waals surface area contributed by atoms with Crippen molar-refractivity contribution in [1.82, 2.24) is 15.6 Å². The van der Waals surface area contributed by atoms with E-state index in [-0.39, 0.29) is 0 Å². The average Bonchev–Trinajstić information content (AvgIpc) is 2.71. The number of para-hydroxylation sites is 1. The summed E-state index contributed by atoms with van der Waals surface area (Å²) in [6.07, 6.45) is 2.88. The molecule has 0 saturated carbocycles. The molecule has 0 aliphatic rings. The molecule has 0 aliphatic carbocycles. The number of pyridine rings is 1. The predicted molar refractivity (Wildman–Crippen MR) is 116 cm³/mol. The van der Waals surface area contributed by atoms with Crippen molar-refractivity contribution in [3.8, 4) is 0 Å². The van der Waals surface area contributed by atoms with E-state index in [0.717, 1.165) is 37.8 Å². The van der Waals surface area contributed by atoms with Crippen LogP contribution in [0.3, 0.4) is 0 Å². The lowest BCUT2D eigenvalue weighted by Gasteiger charge is -2.23. The van der Waals surface area contributed by atoms with Gasteiger partial charge in [-0.15, -0.1) is 0 Å². The fraction of sp³-hybridized carbons (Fsp3) is 0.429. The standard InChI is InChI=1S/C21H32N6/c1-5-27(19-10-7-6-8-11-19)15-9-13-24-21(22-2)25-17-18-12-14-23-20(16-18)26(3)4/h6-8,10-12,14,16H,5,9,13,15,17H2,1-4H3,(H2,22,24,25). The minimum absolute atomic E-state index is 0.716. The summed E-state index contributed by atoms with van der Waals surface area (Å²) < 4.78 is 0. The third-order valence-corrected chi connectivity index (χ3v) is 4.35. The SMILES string of the molecule is CCN(CCCNC(=NC)NCc1ccnc(N(C)C)c1)c1ccccc1. The molecule has 1 heterocycles. The topological polar surface area (TPSA) is 55.8 Å². The number of nitrogens with zero attached hydrogens (tertiary/aromatic N) is 4. The summed E-state index contributed by atoms with van der Waals surface area (Å²) >= 11 is 0. The van der Waals surface area contributed by atoms with Gasteiger partial charge in [-0.2, -0.15) is 0 Å². The number of benzene rings is 1. The molecular formula is C21H32N6. The molecule has 27 heavy (non-hydrogen) atoms. The van der Waals surface area contributed by atoms with Crippen LogP contribution in [0.25, 0.3) is 0 Å². The molecule has 0 radical (unpaired) electrons. The van der Waals surface area contributed by atoms with Crippen molar-refractivity contribution in [3.63, 3.8) is 0 Å². The minimum atomic E-state index is 0.716. The molecule has 6 heteroatoms. The Hall–Kier alpha value is -2.76. The lowest BCUT2D eigenvalue weighted by Crippen LogP contribution is -2.38. The summed E-state index contributed by atoms with van der Waals surface area (Å²) in [4.78, 5) is 13.0. The number of hydrogen-bond donors (Lipinski definition) is 2. The molecule has 0 amide bonds. The molecule has 6 nitrogen and oxygen atoms in total. The summed E-state index contributed by atoms with van der Waals surface area (Å²) in [5.41, 5.74) is 2.45. The van der Waals surface area contributed by atoms with Crippen LogP contribution in [0, 0.1) is 0 Å². The lowest BCUT2D eigenvalue weighted by molar-refractivity contribution is 0.708. The highest BCUT2D eigenvalue weighted by molar-refractivity contribution is 5.79. The Kier molecular flexibility index (Phi) is 8.42. The van der Waals surface area contributed by atoms with Crippen molar-refractivity contribution in [3.05, 3.63) is 54.2 Å². The van der Waals surface area contributed by atoms with Crippen LogP contribution in [-0.4, -0.2) is 51.7 Å². The molecule has 0 fully saturated rings. The van der Waals surface area contributed by atoms with Gasteiger partial charge in [0.2, 0.25) is 0 Å². The molecule has 2 aromatic rings. The minimum Gasteiger partial charge on any atom is -0.372 e. The van der Waals surface area contributed by atoms with Crippen molar-refractivity contribution >= 4 is 17.5 Å². The second-order valence-electron chi connectivity index (χ2n) is 6.54. The lowest BCUT2D eigenvalue weighted by atomic mass is 10.2. The van der Waals surface area contributed by atoms with Crippen LogP contribution >= 0.6 is 0 Å². The van der Waals surface area contributed by atoms with E-state index < -0.39 is 0 Å². The highest BCUT2D eigenvalue weighted by atomic mass is 15.2. The van der Waals surface area contributed by atoms with Crippen LogP contribution in [0.4, 0.5) is 11.5 Å². The molecule has 2 rings (SSSR count). The summed E-state index contributed by atoms with van der Waals surface area (Å²) in [6.45, 7) is 5.81. The molecule has 0 spiro atoms. The fourth-order valence-electron chi connectivity index (χ4n) is 2.81. The molecule has 0 bridgehead atoms. The van der Waals surface area contributed by atoms with Crippen LogP contribution in [0.15, 0.2) is 53.7 Å². The zero-order valence-electron chi connectivity index (χ0n) is 16.9. The third-order valence-electron chi connectivity index (χ3n) is 4.35. The number of nitrogens with one attached hydrogen (secondary N) is 2. The highest BCUT2D eigenvalue weighted by Gasteiger charge is 2.04. The summed E-state index contributed by atoms with van der Waals surface area (Å²) in [7, 11) is 5.79. The molecule has 2 N–H and O–H groups in total. The highest BCUT2D eigenvalue weighted by Crippen LogP contribution is 2.12. The van der Waals surface area contributed by atoms with E-state index in [0.29, 0.717) is 6.54 Å². The first kappa shape index (κ1) is 20.6. The Balaban J connectivity index is 1.75. The van der Waals surface area contributed by atoms with Gasteiger partial charge in [-0.05, 0) is 43.2 Å². The van der Waals surface area contributed by atoms with Crippen molar-refractivity contribution in [2.45, 2.75) is 19.9 Å².